The Kier molecular flexibility index (Phi) is 2.49. The Labute approximate surface area is 85.5 Å². The van der Waals surface area contributed by atoms with Crippen LogP contribution < -0.4 is 5.73 Å². The smallest absolute Gasteiger partial charge is 0.169 e. The average molecular weight is 215 g/mol. The Morgan fingerprint density at radius 3 is 2.80 bits per heavy atom. The average Bonchev–Trinajstić information content (AvgIpc) is 2.82. The number of hydrogen-bond donors (Lipinski definition) is 5. The highest BCUT2D eigenvalue weighted by Gasteiger charge is 2.52. The number of aliphatic hydroxyl groups is 3. The van der Waals surface area contributed by atoms with Crippen LogP contribution in [0.15, 0.2) is 12.4 Å². The van der Waals surface area contributed by atoms with Gasteiger partial charge < -0.3 is 25.0 Å². The van der Waals surface area contributed by atoms with Crippen LogP contribution in [-0.4, -0.2) is 49.8 Å². The maximum Gasteiger partial charge on any atom is 0.169 e. The normalized spacial score (nSPS) is 40.9. The van der Waals surface area contributed by atoms with E-state index in [1.54, 1.807) is 6.20 Å². The molecular formula is C8H13N3O4. The Morgan fingerprint density at radius 2 is 2.33 bits per heavy atom. The van der Waals surface area contributed by atoms with Gasteiger partial charge in [-0.05, 0) is 0 Å². The van der Waals surface area contributed by atoms with Crippen molar-refractivity contribution < 1.29 is 20.1 Å². The van der Waals surface area contributed by atoms with Gasteiger partial charge in [0.05, 0.1) is 6.61 Å². The largest absolute Gasteiger partial charge is 0.392 e. The van der Waals surface area contributed by atoms with Crippen molar-refractivity contribution in [2.24, 2.45) is 5.73 Å². The van der Waals surface area contributed by atoms with Gasteiger partial charge in [-0.1, -0.05) is 0 Å². The van der Waals surface area contributed by atoms with Crippen LogP contribution in [0.25, 0.3) is 0 Å². The molecule has 15 heavy (non-hydrogen) atoms. The summed E-state index contributed by atoms with van der Waals surface area (Å²) in [5.41, 5.74) is 3.92. The topological polar surface area (TPSA) is 125 Å². The fraction of sp³-hybridized carbons (Fsp3) is 0.625. The monoisotopic (exact) mass is 215 g/mol. The first-order chi connectivity index (χ1) is 7.08. The van der Waals surface area contributed by atoms with Crippen LogP contribution in [0.2, 0.25) is 0 Å². The zero-order valence-corrected chi connectivity index (χ0v) is 7.87. The van der Waals surface area contributed by atoms with Crippen molar-refractivity contribution in [1.82, 2.24) is 9.97 Å². The fourth-order valence-electron chi connectivity index (χ4n) is 1.61. The third-order valence-electron chi connectivity index (χ3n) is 2.52. The summed E-state index contributed by atoms with van der Waals surface area (Å²) in [6.07, 6.45) is -0.362. The highest BCUT2D eigenvalue weighted by molar-refractivity contribution is 5.06. The minimum Gasteiger partial charge on any atom is -0.392 e. The summed E-state index contributed by atoms with van der Waals surface area (Å²) in [4.78, 5) is 6.64. The Balaban J connectivity index is 2.24. The molecule has 0 bridgehead atoms. The van der Waals surface area contributed by atoms with Gasteiger partial charge >= 0.3 is 0 Å². The van der Waals surface area contributed by atoms with Gasteiger partial charge in [-0.2, -0.15) is 0 Å². The predicted molar refractivity (Wildman–Crippen MR) is 48.4 cm³/mol. The van der Waals surface area contributed by atoms with E-state index in [-0.39, 0.29) is 0 Å². The van der Waals surface area contributed by atoms with E-state index in [1.807, 2.05) is 0 Å². The Hall–Kier alpha value is -0.990. The molecule has 84 valence electrons. The molecule has 1 aliphatic rings. The molecule has 0 radical (unpaired) electrons. The lowest BCUT2D eigenvalue weighted by Gasteiger charge is -2.24. The number of nitrogens with one attached hydrogen (secondary N) is 1. The number of imidazole rings is 1. The van der Waals surface area contributed by atoms with Gasteiger partial charge in [-0.15, -0.1) is 0 Å². The van der Waals surface area contributed by atoms with Crippen molar-refractivity contribution in [3.05, 3.63) is 18.2 Å². The lowest BCUT2D eigenvalue weighted by atomic mass is 10.0. The van der Waals surface area contributed by atoms with E-state index in [9.17, 15) is 10.2 Å². The highest BCUT2D eigenvalue weighted by Crippen LogP contribution is 2.35. The van der Waals surface area contributed by atoms with Crippen LogP contribution in [0.5, 0.6) is 0 Å². The molecule has 7 heteroatoms. The van der Waals surface area contributed by atoms with E-state index in [4.69, 9.17) is 15.6 Å². The summed E-state index contributed by atoms with van der Waals surface area (Å²) >= 11 is 0. The van der Waals surface area contributed by atoms with E-state index in [0.29, 0.717) is 5.82 Å². The molecule has 1 fully saturated rings. The van der Waals surface area contributed by atoms with E-state index < -0.39 is 30.6 Å². The molecular weight excluding hydrogens is 202 g/mol. The molecule has 0 spiro atoms. The maximum atomic E-state index is 9.67. The summed E-state index contributed by atoms with van der Waals surface area (Å²) in [5.74, 6) is 0.363. The number of H-pyrrole nitrogens is 1. The molecule has 0 amide bonds. The standard InChI is InChI=1S/C8H13N3O4/c9-8(3-12)6(14)4(13)5(15-8)7-10-1-2-11-7/h1-2,4-6,12-14H,3,9H2,(H,10,11)/t4-,5+,6-,8+/m0/s1. The zero-order chi connectivity index (χ0) is 11.1. The molecule has 6 N–H and O–H groups in total. The Morgan fingerprint density at radius 1 is 1.60 bits per heavy atom. The summed E-state index contributed by atoms with van der Waals surface area (Å²) in [5, 5.41) is 28.2. The first-order valence-electron chi connectivity index (χ1n) is 4.51. The lowest BCUT2D eigenvalue weighted by molar-refractivity contribution is -0.109. The summed E-state index contributed by atoms with van der Waals surface area (Å²) in [7, 11) is 0. The Bertz CT molecular complexity index is 331. The van der Waals surface area contributed by atoms with Gasteiger partial charge in [0.15, 0.2) is 5.72 Å². The third kappa shape index (κ3) is 1.54. The molecule has 0 unspecified atom stereocenters. The lowest BCUT2D eigenvalue weighted by Crippen LogP contribution is -2.54. The van der Waals surface area contributed by atoms with E-state index in [0.717, 1.165) is 0 Å². The molecule has 2 heterocycles. The second-order valence-electron chi connectivity index (χ2n) is 3.56. The van der Waals surface area contributed by atoms with Crippen LogP contribution in [0.4, 0.5) is 0 Å². The number of ether oxygens (including phenoxy) is 1. The minimum atomic E-state index is -1.64. The first kappa shape index (κ1) is 10.5. The van der Waals surface area contributed by atoms with Crippen LogP contribution in [-0.2, 0) is 4.74 Å². The SMILES string of the molecule is N[C@]1(CO)O[C@@H](c2ncc[nH]2)[C@H](O)[C@@H]1O. The second-order valence-corrected chi connectivity index (χ2v) is 3.56. The van der Waals surface area contributed by atoms with E-state index >= 15 is 0 Å². The van der Waals surface area contributed by atoms with Gasteiger partial charge in [-0.3, -0.25) is 5.73 Å². The molecule has 0 aliphatic carbocycles. The number of aromatic nitrogens is 2. The van der Waals surface area contributed by atoms with E-state index in [2.05, 4.69) is 9.97 Å². The van der Waals surface area contributed by atoms with Crippen molar-refractivity contribution >= 4 is 0 Å². The van der Waals surface area contributed by atoms with Crippen LogP contribution in [0.1, 0.15) is 11.9 Å². The highest BCUT2D eigenvalue weighted by atomic mass is 16.6. The molecule has 1 aromatic heterocycles. The summed E-state index contributed by atoms with van der Waals surface area (Å²) in [6, 6.07) is 0. The molecule has 1 aliphatic heterocycles. The maximum absolute atomic E-state index is 9.67. The molecule has 7 nitrogen and oxygen atoms in total. The predicted octanol–water partition coefficient (Wildman–Crippen LogP) is -2.15. The fourth-order valence-corrected chi connectivity index (χ4v) is 1.61. The molecule has 2 rings (SSSR count). The third-order valence-corrected chi connectivity index (χ3v) is 2.52. The second kappa shape index (κ2) is 3.54. The summed E-state index contributed by atoms with van der Waals surface area (Å²) in [6.45, 7) is -0.581. The number of aromatic amines is 1. The van der Waals surface area contributed by atoms with Crippen molar-refractivity contribution in [3.8, 4) is 0 Å². The molecule has 0 saturated carbocycles. The van der Waals surface area contributed by atoms with Crippen molar-refractivity contribution in [1.29, 1.82) is 0 Å². The van der Waals surface area contributed by atoms with Gasteiger partial charge in [0.2, 0.25) is 0 Å². The van der Waals surface area contributed by atoms with E-state index in [1.165, 1.54) is 6.20 Å². The zero-order valence-electron chi connectivity index (χ0n) is 7.87. The number of nitrogens with zero attached hydrogens (tertiary/aromatic N) is 1. The van der Waals surface area contributed by atoms with Gasteiger partial charge in [0, 0.05) is 12.4 Å². The molecule has 0 aromatic carbocycles. The minimum absolute atomic E-state index is 0.363. The number of nitrogens with two attached hydrogens (primary N) is 1. The number of aliphatic hydroxyl groups excluding tert-OH is 3. The van der Waals surface area contributed by atoms with Crippen molar-refractivity contribution in [3.63, 3.8) is 0 Å². The molecule has 1 saturated heterocycles. The molecule has 4 atom stereocenters. The van der Waals surface area contributed by atoms with Crippen molar-refractivity contribution in [2.75, 3.05) is 6.61 Å². The number of rotatable bonds is 2. The van der Waals surface area contributed by atoms with Crippen molar-refractivity contribution in [2.45, 2.75) is 24.0 Å². The van der Waals surface area contributed by atoms with Gasteiger partial charge in [-0.25, -0.2) is 4.98 Å². The molecule has 1 aromatic rings. The number of hydrogen-bond acceptors (Lipinski definition) is 6. The summed E-state index contributed by atoms with van der Waals surface area (Å²) < 4.78 is 5.20. The van der Waals surface area contributed by atoms with Gasteiger partial charge in [0.25, 0.3) is 0 Å². The van der Waals surface area contributed by atoms with Crippen LogP contribution in [0.3, 0.4) is 0 Å². The van der Waals surface area contributed by atoms with Crippen LogP contribution >= 0.6 is 0 Å². The quantitative estimate of drug-likeness (QED) is 0.383. The first-order valence-corrected chi connectivity index (χ1v) is 4.51. The van der Waals surface area contributed by atoms with Crippen LogP contribution in [0, 0.1) is 0 Å². The van der Waals surface area contributed by atoms with Gasteiger partial charge in [0.1, 0.15) is 24.1 Å².